The van der Waals surface area contributed by atoms with Crippen molar-refractivity contribution in [3.05, 3.63) is 29.8 Å². The Morgan fingerprint density at radius 2 is 2.36 bits per heavy atom. The number of nitrogens with one attached hydrogen (secondary N) is 1. The molecule has 0 fully saturated rings. The molecule has 3 nitrogen and oxygen atoms in total. The fraction of sp³-hybridized carbons (Fsp3) is 0.300. The third-order valence-corrected chi connectivity index (χ3v) is 2.28. The van der Waals surface area contributed by atoms with E-state index in [1.165, 1.54) is 17.3 Å². The average Bonchev–Trinajstić information content (AvgIpc) is 2.12. The summed E-state index contributed by atoms with van der Waals surface area (Å²) in [5.74, 6) is 1.58. The summed E-state index contributed by atoms with van der Waals surface area (Å²) in [5.41, 5.74) is 6.37. The molecule has 76 valence electrons. The average molecular weight is 210 g/mol. The normalized spacial score (nSPS) is 9.79. The first-order valence-corrected chi connectivity index (χ1v) is 5.33. The molecule has 0 saturated carbocycles. The Bertz CT molecular complexity index is 315. The van der Waals surface area contributed by atoms with E-state index in [1.54, 1.807) is 0 Å². The Morgan fingerprint density at radius 3 is 3.00 bits per heavy atom. The third kappa shape index (κ3) is 4.18. The molecule has 0 radical (unpaired) electrons. The van der Waals surface area contributed by atoms with Gasteiger partial charge in [-0.2, -0.15) is 0 Å². The zero-order valence-electron chi connectivity index (χ0n) is 8.12. The molecule has 1 aromatic rings. The van der Waals surface area contributed by atoms with E-state index in [-0.39, 0.29) is 5.17 Å². The molecule has 3 N–H and O–H groups in total. The standard InChI is InChI=1S/C10H14N2OS/c1-8-3-2-4-9(7-8)13-5-6-14-10(11)12/h2-4,7H,5-6H2,1H3,(H3,11,12). The summed E-state index contributed by atoms with van der Waals surface area (Å²) in [5, 5.41) is 7.13. The van der Waals surface area contributed by atoms with Gasteiger partial charge in [0.2, 0.25) is 0 Å². The highest BCUT2D eigenvalue weighted by atomic mass is 32.2. The largest absolute Gasteiger partial charge is 0.493 e. The van der Waals surface area contributed by atoms with Gasteiger partial charge >= 0.3 is 0 Å². The molecule has 0 heterocycles. The Balaban J connectivity index is 2.28. The molecule has 1 aromatic carbocycles. The Labute approximate surface area is 88.2 Å². The van der Waals surface area contributed by atoms with Crippen molar-refractivity contribution in [2.75, 3.05) is 12.4 Å². The van der Waals surface area contributed by atoms with Crippen molar-refractivity contribution in [2.45, 2.75) is 6.92 Å². The number of amidine groups is 1. The summed E-state index contributed by atoms with van der Waals surface area (Å²) in [6.45, 7) is 2.60. The maximum Gasteiger partial charge on any atom is 0.151 e. The van der Waals surface area contributed by atoms with Gasteiger partial charge in [0, 0.05) is 5.75 Å². The molecule has 0 spiro atoms. The number of hydrogen-bond donors (Lipinski definition) is 2. The van der Waals surface area contributed by atoms with Crippen molar-refractivity contribution in [3.63, 3.8) is 0 Å². The van der Waals surface area contributed by atoms with E-state index in [2.05, 4.69) is 0 Å². The minimum Gasteiger partial charge on any atom is -0.493 e. The van der Waals surface area contributed by atoms with Crippen LogP contribution in [0.15, 0.2) is 24.3 Å². The van der Waals surface area contributed by atoms with Crippen molar-refractivity contribution in [1.82, 2.24) is 0 Å². The second kappa shape index (κ2) is 5.54. The molecule has 0 unspecified atom stereocenters. The van der Waals surface area contributed by atoms with Gasteiger partial charge in [0.25, 0.3) is 0 Å². The van der Waals surface area contributed by atoms with Gasteiger partial charge < -0.3 is 10.5 Å². The third-order valence-electron chi connectivity index (χ3n) is 1.60. The maximum atomic E-state index is 7.00. The van der Waals surface area contributed by atoms with Crippen LogP contribution in [0.5, 0.6) is 5.75 Å². The van der Waals surface area contributed by atoms with Crippen molar-refractivity contribution in [3.8, 4) is 5.75 Å². The van der Waals surface area contributed by atoms with Gasteiger partial charge in [-0.3, -0.25) is 5.41 Å². The summed E-state index contributed by atoms with van der Waals surface area (Å²) in [6.07, 6.45) is 0. The summed E-state index contributed by atoms with van der Waals surface area (Å²) in [6, 6.07) is 7.89. The molecule has 14 heavy (non-hydrogen) atoms. The van der Waals surface area contributed by atoms with Crippen LogP contribution in [-0.2, 0) is 0 Å². The van der Waals surface area contributed by atoms with E-state index in [0.717, 1.165) is 5.75 Å². The molecule has 0 atom stereocenters. The number of aryl methyl sites for hydroxylation is 1. The van der Waals surface area contributed by atoms with Crippen LogP contribution in [0.4, 0.5) is 0 Å². The van der Waals surface area contributed by atoms with E-state index in [1.807, 2.05) is 31.2 Å². The topological polar surface area (TPSA) is 59.1 Å². The van der Waals surface area contributed by atoms with Gasteiger partial charge in [0.1, 0.15) is 5.75 Å². The van der Waals surface area contributed by atoms with Gasteiger partial charge in [0.15, 0.2) is 5.17 Å². The predicted molar refractivity (Wildman–Crippen MR) is 61.0 cm³/mol. The number of nitrogens with two attached hydrogens (primary N) is 1. The lowest BCUT2D eigenvalue weighted by atomic mass is 10.2. The van der Waals surface area contributed by atoms with Crippen LogP contribution < -0.4 is 10.5 Å². The van der Waals surface area contributed by atoms with E-state index in [4.69, 9.17) is 15.9 Å². The smallest absolute Gasteiger partial charge is 0.151 e. The van der Waals surface area contributed by atoms with E-state index >= 15 is 0 Å². The van der Waals surface area contributed by atoms with Gasteiger partial charge in [-0.1, -0.05) is 23.9 Å². The van der Waals surface area contributed by atoms with Gasteiger partial charge in [-0.15, -0.1) is 0 Å². The fourth-order valence-corrected chi connectivity index (χ4v) is 1.40. The van der Waals surface area contributed by atoms with Crippen molar-refractivity contribution >= 4 is 16.9 Å². The molecule has 4 heteroatoms. The highest BCUT2D eigenvalue weighted by Gasteiger charge is 1.95. The summed E-state index contributed by atoms with van der Waals surface area (Å²) < 4.78 is 5.46. The molecular weight excluding hydrogens is 196 g/mol. The highest BCUT2D eigenvalue weighted by Crippen LogP contribution is 2.12. The van der Waals surface area contributed by atoms with Crippen LogP contribution in [-0.4, -0.2) is 17.5 Å². The molecule has 0 aromatic heterocycles. The van der Waals surface area contributed by atoms with E-state index < -0.39 is 0 Å². The highest BCUT2D eigenvalue weighted by molar-refractivity contribution is 8.13. The lowest BCUT2D eigenvalue weighted by Crippen LogP contribution is -2.08. The summed E-state index contributed by atoms with van der Waals surface area (Å²) >= 11 is 1.29. The second-order valence-electron chi connectivity index (χ2n) is 2.88. The number of thioether (sulfide) groups is 1. The summed E-state index contributed by atoms with van der Waals surface area (Å²) in [4.78, 5) is 0. The van der Waals surface area contributed by atoms with E-state index in [9.17, 15) is 0 Å². The number of benzene rings is 1. The van der Waals surface area contributed by atoms with Crippen molar-refractivity contribution in [1.29, 1.82) is 5.41 Å². The van der Waals surface area contributed by atoms with Crippen LogP contribution >= 0.6 is 11.8 Å². The quantitative estimate of drug-likeness (QED) is 0.454. The molecular formula is C10H14N2OS. The van der Waals surface area contributed by atoms with E-state index in [0.29, 0.717) is 12.4 Å². The Morgan fingerprint density at radius 1 is 1.57 bits per heavy atom. The lowest BCUT2D eigenvalue weighted by Gasteiger charge is -2.05. The maximum absolute atomic E-state index is 7.00. The lowest BCUT2D eigenvalue weighted by molar-refractivity contribution is 0.344. The summed E-state index contributed by atoms with van der Waals surface area (Å²) in [7, 11) is 0. The molecule has 0 aliphatic heterocycles. The first-order chi connectivity index (χ1) is 6.68. The zero-order chi connectivity index (χ0) is 10.4. The van der Waals surface area contributed by atoms with Crippen molar-refractivity contribution in [2.24, 2.45) is 5.73 Å². The minimum absolute atomic E-state index is 0.137. The van der Waals surface area contributed by atoms with Gasteiger partial charge in [-0.05, 0) is 24.6 Å². The van der Waals surface area contributed by atoms with Crippen LogP contribution in [0.3, 0.4) is 0 Å². The minimum atomic E-state index is 0.137. The van der Waals surface area contributed by atoms with Crippen LogP contribution in [0.1, 0.15) is 5.56 Å². The molecule has 0 aliphatic rings. The monoisotopic (exact) mass is 210 g/mol. The molecule has 0 bridgehead atoms. The first-order valence-electron chi connectivity index (χ1n) is 4.35. The zero-order valence-corrected chi connectivity index (χ0v) is 8.93. The van der Waals surface area contributed by atoms with Gasteiger partial charge in [-0.25, -0.2) is 0 Å². The molecule has 0 amide bonds. The van der Waals surface area contributed by atoms with Crippen molar-refractivity contribution < 1.29 is 4.74 Å². The van der Waals surface area contributed by atoms with Crippen LogP contribution in [0, 0.1) is 12.3 Å². The number of rotatable bonds is 4. The Hall–Kier alpha value is -1.16. The predicted octanol–water partition coefficient (Wildman–Crippen LogP) is 2.00. The van der Waals surface area contributed by atoms with Gasteiger partial charge in [0.05, 0.1) is 6.61 Å². The van der Waals surface area contributed by atoms with Crippen LogP contribution in [0.2, 0.25) is 0 Å². The van der Waals surface area contributed by atoms with Crippen LogP contribution in [0.25, 0.3) is 0 Å². The number of ether oxygens (including phenoxy) is 1. The number of hydrogen-bond acceptors (Lipinski definition) is 3. The molecule has 1 rings (SSSR count). The SMILES string of the molecule is Cc1cccc(OCCSC(=N)N)c1. The second-order valence-corrected chi connectivity index (χ2v) is 4.01. The Kier molecular flexibility index (Phi) is 4.32. The fourth-order valence-electron chi connectivity index (χ4n) is 1.02. The molecule has 0 aliphatic carbocycles. The first kappa shape index (κ1) is 10.9. The molecule has 0 saturated heterocycles.